The van der Waals surface area contributed by atoms with E-state index >= 15 is 0 Å². The van der Waals surface area contributed by atoms with Gasteiger partial charge in [-0.1, -0.05) is 24.3 Å². The van der Waals surface area contributed by atoms with E-state index in [-0.39, 0.29) is 35.6 Å². The highest BCUT2D eigenvalue weighted by Gasteiger charge is 2.32. The third-order valence-electron chi connectivity index (χ3n) is 11.0. The summed E-state index contributed by atoms with van der Waals surface area (Å²) in [5.74, 6) is -0.455. The number of hydrogen-bond acceptors (Lipinski definition) is 10. The third-order valence-corrected chi connectivity index (χ3v) is 11.0. The van der Waals surface area contributed by atoms with Crippen LogP contribution in [0.15, 0.2) is 69.5 Å². The van der Waals surface area contributed by atoms with E-state index < -0.39 is 25.2 Å². The number of oxazole rings is 2. The number of aromatic nitrogens is 2. The minimum absolute atomic E-state index is 0.0221. The van der Waals surface area contributed by atoms with E-state index in [4.69, 9.17) is 33.0 Å². The fraction of sp³-hybridized carbons (Fsp3) is 0.372. The smallest absolute Gasteiger partial charge is 0.387 e. The van der Waals surface area contributed by atoms with E-state index in [1.807, 2.05) is 62.2 Å². The summed E-state index contributed by atoms with van der Waals surface area (Å²) in [5, 5.41) is 9.67. The van der Waals surface area contributed by atoms with Crippen molar-refractivity contribution in [2.75, 3.05) is 26.7 Å². The maximum atomic E-state index is 13.5. The number of carboxylic acid groups (broad SMARTS) is 1. The molecule has 0 unspecified atom stereocenters. The Morgan fingerprint density at radius 3 is 1.91 bits per heavy atom. The molecule has 304 valence electrons. The van der Waals surface area contributed by atoms with E-state index in [9.17, 15) is 27.5 Å². The lowest BCUT2D eigenvalue weighted by Crippen LogP contribution is -2.35. The zero-order chi connectivity index (χ0) is 40.7. The first kappa shape index (κ1) is 39.3. The third kappa shape index (κ3) is 8.11. The Bertz CT molecular complexity index is 2460. The highest BCUT2D eigenvalue weighted by Crippen LogP contribution is 2.40. The fourth-order valence-electron chi connectivity index (χ4n) is 8.21. The second-order valence-corrected chi connectivity index (χ2v) is 14.9. The normalized spacial score (nSPS) is 17.5. The lowest BCUT2D eigenvalue weighted by molar-refractivity contribution is -0.142. The minimum atomic E-state index is -3.09. The number of hydrogen-bond donors (Lipinski definition) is 1. The Labute approximate surface area is 331 Å². The van der Waals surface area contributed by atoms with E-state index in [1.54, 1.807) is 17.0 Å². The summed E-state index contributed by atoms with van der Waals surface area (Å²) >= 11 is 0. The van der Waals surface area contributed by atoms with Gasteiger partial charge in [0.2, 0.25) is 11.8 Å². The van der Waals surface area contributed by atoms with Gasteiger partial charge in [-0.3, -0.25) is 14.6 Å². The van der Waals surface area contributed by atoms with Gasteiger partial charge in [-0.15, -0.1) is 0 Å². The summed E-state index contributed by atoms with van der Waals surface area (Å²) in [6.45, 7) is 0.109. The molecule has 1 N–H and O–H groups in total. The van der Waals surface area contributed by atoms with Crippen molar-refractivity contribution in [2.24, 2.45) is 0 Å². The van der Waals surface area contributed by atoms with Crippen LogP contribution in [0.2, 0.25) is 0 Å². The molecule has 0 bridgehead atoms. The van der Waals surface area contributed by atoms with Crippen LogP contribution < -0.4 is 9.47 Å². The van der Waals surface area contributed by atoms with Gasteiger partial charge >= 0.3 is 19.2 Å². The Hall–Kier alpha value is -5.51. The van der Waals surface area contributed by atoms with Crippen LogP contribution in [0.25, 0.3) is 56.2 Å². The van der Waals surface area contributed by atoms with Crippen LogP contribution in [-0.2, 0) is 22.6 Å². The van der Waals surface area contributed by atoms with Crippen molar-refractivity contribution < 1.29 is 50.5 Å². The number of aliphatic carboxylic acids is 1. The molecule has 2 aromatic heterocycles. The Balaban J connectivity index is 1.11. The van der Waals surface area contributed by atoms with Gasteiger partial charge in [0.05, 0.1) is 6.10 Å². The van der Waals surface area contributed by atoms with Crippen molar-refractivity contribution in [3.05, 3.63) is 82.9 Å². The zero-order valence-corrected chi connectivity index (χ0v) is 32.1. The molecule has 2 aliphatic rings. The van der Waals surface area contributed by atoms with Crippen LogP contribution in [0.1, 0.15) is 47.9 Å². The predicted octanol–water partition coefficient (Wildman–Crippen LogP) is 9.45. The molecule has 0 amide bonds. The van der Waals surface area contributed by atoms with Gasteiger partial charge in [0.25, 0.3) is 0 Å². The van der Waals surface area contributed by atoms with Crippen LogP contribution in [-0.4, -0.2) is 83.0 Å². The van der Waals surface area contributed by atoms with Crippen LogP contribution in [0.5, 0.6) is 11.5 Å². The number of likely N-dealkylation sites (N-methyl/N-ethyl adjacent to an activating group) is 1. The first-order valence-corrected chi connectivity index (χ1v) is 19.2. The average Bonchev–Trinajstić information content (AvgIpc) is 4.00. The number of ether oxygens (including phenoxy) is 3. The van der Waals surface area contributed by atoms with Crippen LogP contribution in [0.4, 0.5) is 17.6 Å². The summed E-state index contributed by atoms with van der Waals surface area (Å²) in [7, 11) is 1.91. The number of carboxylic acids is 1. The molecule has 4 aromatic carbocycles. The summed E-state index contributed by atoms with van der Waals surface area (Å²) < 4.78 is 82.0. The molecule has 2 fully saturated rings. The second-order valence-electron chi connectivity index (χ2n) is 14.9. The standard InChI is InChI=1S/C43H42F4N4O7/c1-23-28(9-4-11-30(23)39-48-32-16-25(20-50(3)22-27-8-7-15-54-27)35(57-42(44)45)18-37(32)55-39)29-10-5-12-31(24(29)2)40-49-33-17-26(21-51-14-6-13-34(51)41(52)53)36(58-43(46)47)19-38(33)56-40/h4-5,9-12,16-19,27,34,42-43H,6-8,13-15,20-22H2,1-3H3,(H,52,53)/t27-,34+/m1/s1. The largest absolute Gasteiger partial charge is 0.480 e. The molecule has 8 rings (SSSR count). The fourth-order valence-corrected chi connectivity index (χ4v) is 8.21. The molecule has 0 saturated carbocycles. The molecule has 0 spiro atoms. The van der Waals surface area contributed by atoms with E-state index in [0.717, 1.165) is 41.7 Å². The predicted molar refractivity (Wildman–Crippen MR) is 207 cm³/mol. The average molecular weight is 803 g/mol. The molecule has 0 radical (unpaired) electrons. The number of rotatable bonds is 14. The summed E-state index contributed by atoms with van der Waals surface area (Å²) in [6.07, 6.45) is 3.20. The van der Waals surface area contributed by atoms with Crippen LogP contribution in [0, 0.1) is 13.8 Å². The van der Waals surface area contributed by atoms with Crippen molar-refractivity contribution in [3.63, 3.8) is 0 Å². The van der Waals surface area contributed by atoms with Crippen molar-refractivity contribution in [3.8, 4) is 45.5 Å². The number of benzene rings is 4. The van der Waals surface area contributed by atoms with Crippen LogP contribution in [0.3, 0.4) is 0 Å². The molecule has 11 nitrogen and oxygen atoms in total. The molecule has 2 saturated heterocycles. The van der Waals surface area contributed by atoms with Gasteiger partial charge < -0.3 is 28.2 Å². The number of carbonyl (C=O) groups is 1. The molecule has 2 aliphatic heterocycles. The van der Waals surface area contributed by atoms with Gasteiger partial charge in [-0.2, -0.15) is 17.6 Å². The molecular weight excluding hydrogens is 760 g/mol. The number of alkyl halides is 4. The molecule has 0 aliphatic carbocycles. The Kier molecular flexibility index (Phi) is 11.1. The van der Waals surface area contributed by atoms with E-state index in [1.165, 1.54) is 12.1 Å². The molecule has 4 heterocycles. The van der Waals surface area contributed by atoms with Gasteiger partial charge in [-0.25, -0.2) is 9.97 Å². The van der Waals surface area contributed by atoms with E-state index in [0.29, 0.717) is 77.2 Å². The van der Waals surface area contributed by atoms with Crippen molar-refractivity contribution in [1.82, 2.24) is 19.8 Å². The molecule has 6 aromatic rings. The van der Waals surface area contributed by atoms with Gasteiger partial charge in [0.1, 0.15) is 28.6 Å². The molecular formula is C43H42F4N4O7. The van der Waals surface area contributed by atoms with Crippen LogP contribution >= 0.6 is 0 Å². The Morgan fingerprint density at radius 2 is 1.38 bits per heavy atom. The highest BCUT2D eigenvalue weighted by molar-refractivity contribution is 5.85. The summed E-state index contributed by atoms with van der Waals surface area (Å²) in [6, 6.07) is 16.9. The van der Waals surface area contributed by atoms with Crippen molar-refractivity contribution in [2.45, 2.75) is 78.0 Å². The quantitative estimate of drug-likeness (QED) is 0.106. The number of likely N-dealkylation sites (tertiary alicyclic amines) is 1. The van der Waals surface area contributed by atoms with Gasteiger partial charge in [-0.05, 0) is 99.6 Å². The molecule has 58 heavy (non-hydrogen) atoms. The molecule has 2 atom stereocenters. The van der Waals surface area contributed by atoms with Crippen molar-refractivity contribution in [1.29, 1.82) is 0 Å². The maximum Gasteiger partial charge on any atom is 0.387 e. The van der Waals surface area contributed by atoms with Gasteiger partial charge in [0, 0.05) is 60.6 Å². The number of nitrogens with zero attached hydrogens (tertiary/aromatic N) is 4. The highest BCUT2D eigenvalue weighted by atomic mass is 19.3. The lowest BCUT2D eigenvalue weighted by Gasteiger charge is -2.22. The number of fused-ring (bicyclic) bond motifs is 2. The topological polar surface area (TPSA) is 124 Å². The van der Waals surface area contributed by atoms with E-state index in [2.05, 4.69) is 0 Å². The zero-order valence-electron chi connectivity index (χ0n) is 32.1. The second kappa shape index (κ2) is 16.4. The Morgan fingerprint density at radius 1 is 0.828 bits per heavy atom. The number of halogens is 4. The minimum Gasteiger partial charge on any atom is -0.480 e. The SMILES string of the molecule is Cc1c(-c2nc3cc(CN(C)C[C@H]4CCCO4)c(OC(F)F)cc3o2)cccc1-c1cccc(-c2nc3cc(CN4CCC[C@H]4C(=O)O)c(OC(F)F)cc3o2)c1C. The first-order chi connectivity index (χ1) is 27.9. The summed E-state index contributed by atoms with van der Waals surface area (Å²) in [5.41, 5.74) is 7.22. The lowest BCUT2D eigenvalue weighted by atomic mass is 9.91. The molecule has 15 heteroatoms. The maximum absolute atomic E-state index is 13.5. The monoisotopic (exact) mass is 802 g/mol. The van der Waals surface area contributed by atoms with Gasteiger partial charge in [0.15, 0.2) is 11.2 Å². The first-order valence-electron chi connectivity index (χ1n) is 19.2. The van der Waals surface area contributed by atoms with Crippen molar-refractivity contribution >= 4 is 28.2 Å². The summed E-state index contributed by atoms with van der Waals surface area (Å²) in [4.78, 5) is 25.1.